The Morgan fingerprint density at radius 2 is 2.23 bits per heavy atom. The van der Waals surface area contributed by atoms with Gasteiger partial charge >= 0.3 is 6.03 Å². The topological polar surface area (TPSA) is 59.4 Å². The van der Waals surface area contributed by atoms with E-state index in [1.807, 2.05) is 0 Å². The van der Waals surface area contributed by atoms with Gasteiger partial charge in [0.25, 0.3) is 0 Å². The Hall–Kier alpha value is -2.48. The number of hydrogen-bond donors (Lipinski definition) is 1. The molecule has 6 nitrogen and oxygen atoms in total. The molecule has 0 radical (unpaired) electrons. The molecule has 0 spiro atoms. The second kappa shape index (κ2) is 8.27. The van der Waals surface area contributed by atoms with Crippen molar-refractivity contribution in [1.82, 2.24) is 14.7 Å². The minimum Gasteiger partial charge on any atom is -0.383 e. The van der Waals surface area contributed by atoms with Crippen molar-refractivity contribution in [2.45, 2.75) is 25.3 Å². The molecule has 1 unspecified atom stereocenters. The number of carbonyl (C=O) groups is 1. The van der Waals surface area contributed by atoms with Gasteiger partial charge < -0.3 is 9.64 Å². The Morgan fingerprint density at radius 3 is 3.04 bits per heavy atom. The molecule has 1 aromatic carbocycles. The van der Waals surface area contributed by atoms with Crippen molar-refractivity contribution in [3.05, 3.63) is 47.7 Å². The number of likely N-dealkylation sites (tertiary alicyclic amines) is 1. The molecule has 1 aliphatic rings. The summed E-state index contributed by atoms with van der Waals surface area (Å²) >= 11 is 0. The molecule has 1 N–H and O–H groups in total. The zero-order valence-electron chi connectivity index (χ0n) is 14.6. The lowest BCUT2D eigenvalue weighted by Gasteiger charge is -2.33. The molecule has 3 rings (SSSR count). The second-order valence-corrected chi connectivity index (χ2v) is 6.34. The minimum atomic E-state index is -0.468. The molecule has 1 aliphatic heterocycles. The van der Waals surface area contributed by atoms with Crippen molar-refractivity contribution >= 4 is 11.8 Å². The molecule has 2 amide bonds. The van der Waals surface area contributed by atoms with Crippen LogP contribution in [0.2, 0.25) is 0 Å². The summed E-state index contributed by atoms with van der Waals surface area (Å²) in [5, 5.41) is 7.01. The number of halogens is 2. The maximum Gasteiger partial charge on any atom is 0.323 e. The van der Waals surface area contributed by atoms with Crippen LogP contribution in [0.1, 0.15) is 24.3 Å². The number of hydrogen-bond acceptors (Lipinski definition) is 3. The van der Waals surface area contributed by atoms with E-state index < -0.39 is 11.6 Å². The number of ether oxygens (including phenoxy) is 1. The Bertz CT molecular complexity index is 765. The predicted molar refractivity (Wildman–Crippen MR) is 93.0 cm³/mol. The molecular weight excluding hydrogens is 342 g/mol. The average Bonchev–Trinajstić information content (AvgIpc) is 3.09. The van der Waals surface area contributed by atoms with E-state index in [0.29, 0.717) is 37.6 Å². The van der Waals surface area contributed by atoms with E-state index >= 15 is 0 Å². The number of aromatic nitrogens is 2. The first-order valence-corrected chi connectivity index (χ1v) is 8.60. The number of anilines is 1. The number of piperidine rings is 1. The smallest absolute Gasteiger partial charge is 0.323 e. The summed E-state index contributed by atoms with van der Waals surface area (Å²) in [4.78, 5) is 14.1. The van der Waals surface area contributed by atoms with Gasteiger partial charge in [0.2, 0.25) is 0 Å². The summed E-state index contributed by atoms with van der Waals surface area (Å²) in [6.07, 6.45) is 3.21. The summed E-state index contributed by atoms with van der Waals surface area (Å²) < 4.78 is 34.2. The first-order valence-electron chi connectivity index (χ1n) is 8.60. The molecule has 26 heavy (non-hydrogen) atoms. The summed E-state index contributed by atoms with van der Waals surface area (Å²) in [6.45, 7) is 2.04. The molecule has 1 aromatic heterocycles. The van der Waals surface area contributed by atoms with Crippen LogP contribution in [0, 0.1) is 11.6 Å². The molecule has 1 saturated heterocycles. The third-order valence-corrected chi connectivity index (χ3v) is 4.51. The van der Waals surface area contributed by atoms with Crippen LogP contribution in [-0.2, 0) is 11.3 Å². The van der Waals surface area contributed by atoms with E-state index in [-0.39, 0.29) is 11.9 Å². The average molecular weight is 364 g/mol. The molecule has 2 aromatic rings. The number of nitrogens with one attached hydrogen (secondary N) is 1. The Labute approximate surface area is 150 Å². The number of carbonyl (C=O) groups excluding carboxylic acids is 1. The van der Waals surface area contributed by atoms with Gasteiger partial charge in [-0.05, 0) is 36.6 Å². The van der Waals surface area contributed by atoms with Gasteiger partial charge in [0.05, 0.1) is 13.2 Å². The number of urea groups is 1. The Morgan fingerprint density at radius 1 is 1.38 bits per heavy atom. The highest BCUT2D eigenvalue weighted by Crippen LogP contribution is 2.29. The largest absolute Gasteiger partial charge is 0.383 e. The van der Waals surface area contributed by atoms with E-state index in [9.17, 15) is 13.6 Å². The van der Waals surface area contributed by atoms with E-state index in [2.05, 4.69) is 10.4 Å². The molecule has 0 aliphatic carbocycles. The van der Waals surface area contributed by atoms with E-state index in [4.69, 9.17) is 4.74 Å². The quantitative estimate of drug-likeness (QED) is 0.886. The first kappa shape index (κ1) is 18.3. The zero-order valence-corrected chi connectivity index (χ0v) is 14.6. The fourth-order valence-electron chi connectivity index (χ4n) is 3.17. The molecule has 2 heterocycles. The molecule has 8 heteroatoms. The van der Waals surface area contributed by atoms with Crippen LogP contribution in [0.15, 0.2) is 30.5 Å². The molecule has 0 saturated carbocycles. The van der Waals surface area contributed by atoms with E-state index in [1.54, 1.807) is 29.0 Å². The highest BCUT2D eigenvalue weighted by atomic mass is 19.1. The van der Waals surface area contributed by atoms with Crippen LogP contribution in [0.3, 0.4) is 0 Å². The molecule has 0 bridgehead atoms. The van der Waals surface area contributed by atoms with Gasteiger partial charge in [-0.25, -0.2) is 13.6 Å². The fourth-order valence-corrected chi connectivity index (χ4v) is 3.17. The zero-order chi connectivity index (χ0) is 18.5. The number of rotatable bonds is 5. The van der Waals surface area contributed by atoms with Crippen molar-refractivity contribution in [3.8, 4) is 0 Å². The summed E-state index contributed by atoms with van der Waals surface area (Å²) in [5.74, 6) is -0.672. The lowest BCUT2D eigenvalue weighted by molar-refractivity contribution is 0.183. The van der Waals surface area contributed by atoms with Gasteiger partial charge in [0.1, 0.15) is 11.6 Å². The second-order valence-electron chi connectivity index (χ2n) is 6.34. The SMILES string of the molecule is COCCn1ccc(NC(=O)N2CCCC(c3cc(F)ccc3F)C2)n1. The number of methoxy groups -OCH3 is 1. The number of nitrogens with zero attached hydrogens (tertiary/aromatic N) is 3. The van der Waals surface area contributed by atoms with Gasteiger partial charge in [-0.15, -0.1) is 0 Å². The van der Waals surface area contributed by atoms with Gasteiger partial charge in [0, 0.05) is 38.4 Å². The van der Waals surface area contributed by atoms with Gasteiger partial charge in [-0.2, -0.15) is 5.10 Å². The molecule has 1 atom stereocenters. The van der Waals surface area contributed by atoms with Crippen molar-refractivity contribution in [1.29, 1.82) is 0 Å². The Kier molecular flexibility index (Phi) is 5.82. The maximum absolute atomic E-state index is 14.0. The predicted octanol–water partition coefficient (Wildman–Crippen LogP) is 3.22. The molecular formula is C18H22F2N4O2. The third-order valence-electron chi connectivity index (χ3n) is 4.51. The van der Waals surface area contributed by atoms with Crippen LogP contribution in [0.5, 0.6) is 0 Å². The van der Waals surface area contributed by atoms with Crippen LogP contribution < -0.4 is 5.32 Å². The highest BCUT2D eigenvalue weighted by molar-refractivity contribution is 5.88. The first-order chi connectivity index (χ1) is 12.6. The van der Waals surface area contributed by atoms with Crippen LogP contribution in [0.4, 0.5) is 19.4 Å². The number of benzene rings is 1. The lowest BCUT2D eigenvalue weighted by Crippen LogP contribution is -2.41. The highest BCUT2D eigenvalue weighted by Gasteiger charge is 2.27. The van der Waals surface area contributed by atoms with E-state index in [1.165, 1.54) is 6.07 Å². The summed E-state index contributed by atoms with van der Waals surface area (Å²) in [7, 11) is 1.61. The van der Waals surface area contributed by atoms with Crippen molar-refractivity contribution in [2.24, 2.45) is 0 Å². The lowest BCUT2D eigenvalue weighted by atomic mass is 9.90. The van der Waals surface area contributed by atoms with Gasteiger partial charge in [0.15, 0.2) is 5.82 Å². The number of amides is 2. The molecule has 1 fully saturated rings. The normalized spacial score (nSPS) is 17.3. The summed E-state index contributed by atoms with van der Waals surface area (Å²) in [5.41, 5.74) is 0.325. The monoisotopic (exact) mass is 364 g/mol. The van der Waals surface area contributed by atoms with Gasteiger partial charge in [-0.3, -0.25) is 10.00 Å². The maximum atomic E-state index is 14.0. The standard InChI is InChI=1S/C18H22F2N4O2/c1-26-10-9-24-8-6-17(22-24)21-18(25)23-7-2-3-13(12-23)15-11-14(19)4-5-16(15)20/h4-6,8,11,13H,2-3,7,9-10,12H2,1H3,(H,21,22,25). The fraction of sp³-hybridized carbons (Fsp3) is 0.444. The third kappa shape index (κ3) is 4.37. The van der Waals surface area contributed by atoms with Crippen molar-refractivity contribution < 1.29 is 18.3 Å². The van der Waals surface area contributed by atoms with Crippen LogP contribution in [0.25, 0.3) is 0 Å². The van der Waals surface area contributed by atoms with Crippen LogP contribution in [-0.4, -0.2) is 47.5 Å². The molecule has 140 valence electrons. The Balaban J connectivity index is 1.62. The van der Waals surface area contributed by atoms with Crippen molar-refractivity contribution in [2.75, 3.05) is 32.1 Å². The van der Waals surface area contributed by atoms with Crippen LogP contribution >= 0.6 is 0 Å². The van der Waals surface area contributed by atoms with Gasteiger partial charge in [-0.1, -0.05) is 0 Å². The summed E-state index contributed by atoms with van der Waals surface area (Å²) in [6, 6.07) is 4.88. The van der Waals surface area contributed by atoms with Crippen molar-refractivity contribution in [3.63, 3.8) is 0 Å². The van der Waals surface area contributed by atoms with E-state index in [0.717, 1.165) is 25.0 Å². The minimum absolute atomic E-state index is 0.218.